The van der Waals surface area contributed by atoms with Crippen LogP contribution in [0.3, 0.4) is 0 Å². The van der Waals surface area contributed by atoms with E-state index in [2.05, 4.69) is 24.8 Å². The molecular formula is C28H29NO2S. The van der Waals surface area contributed by atoms with Crippen LogP contribution in [0.15, 0.2) is 102 Å². The standard InChI is InChI=1S/C14H15NO.C14H14OS/c1-11-13(15)8-5-9-14(11)16-10-12-6-3-2-4-7-12;1-11-13(8-5-9-14(11)16)15-10-12-6-3-2-4-7-12/h2-9H,10,15H2,1H3;2-9,16H,10H2,1H3. The molecule has 0 bridgehead atoms. The summed E-state index contributed by atoms with van der Waals surface area (Å²) in [6, 6.07) is 31.8. The van der Waals surface area contributed by atoms with E-state index in [4.69, 9.17) is 15.2 Å². The Morgan fingerprint density at radius 2 is 1.06 bits per heavy atom. The van der Waals surface area contributed by atoms with Crippen molar-refractivity contribution in [2.45, 2.75) is 32.0 Å². The SMILES string of the molecule is Cc1c(N)cccc1OCc1ccccc1.Cc1c(S)cccc1OCc1ccccc1. The third kappa shape index (κ3) is 6.82. The number of nitrogen functional groups attached to an aromatic ring is 1. The van der Waals surface area contributed by atoms with E-state index in [-0.39, 0.29) is 0 Å². The van der Waals surface area contributed by atoms with Crippen LogP contribution in [0.5, 0.6) is 11.5 Å². The highest BCUT2D eigenvalue weighted by Crippen LogP contribution is 2.25. The van der Waals surface area contributed by atoms with Gasteiger partial charge in [-0.15, -0.1) is 12.6 Å². The van der Waals surface area contributed by atoms with Crippen molar-refractivity contribution in [1.82, 2.24) is 0 Å². The van der Waals surface area contributed by atoms with Gasteiger partial charge in [0, 0.05) is 21.7 Å². The average Bonchev–Trinajstić information content (AvgIpc) is 2.83. The number of nitrogens with two attached hydrogens (primary N) is 1. The van der Waals surface area contributed by atoms with Crippen LogP contribution < -0.4 is 15.2 Å². The number of hydrogen-bond acceptors (Lipinski definition) is 4. The van der Waals surface area contributed by atoms with Gasteiger partial charge in [0.25, 0.3) is 0 Å². The highest BCUT2D eigenvalue weighted by molar-refractivity contribution is 7.80. The molecule has 0 radical (unpaired) electrons. The first-order valence-corrected chi connectivity index (χ1v) is 11.0. The van der Waals surface area contributed by atoms with Crippen LogP contribution in [0.25, 0.3) is 0 Å². The van der Waals surface area contributed by atoms with Crippen molar-refractivity contribution < 1.29 is 9.47 Å². The van der Waals surface area contributed by atoms with Gasteiger partial charge in [0.1, 0.15) is 24.7 Å². The zero-order chi connectivity index (χ0) is 22.8. The number of thiol groups is 1. The molecule has 4 aromatic carbocycles. The van der Waals surface area contributed by atoms with Crippen LogP contribution in [-0.4, -0.2) is 0 Å². The first kappa shape index (κ1) is 23.3. The minimum atomic E-state index is 0.575. The second-order valence-electron chi connectivity index (χ2n) is 7.42. The molecule has 3 nitrogen and oxygen atoms in total. The lowest BCUT2D eigenvalue weighted by Crippen LogP contribution is -1.98. The summed E-state index contributed by atoms with van der Waals surface area (Å²) in [4.78, 5) is 0.963. The van der Waals surface area contributed by atoms with E-state index in [0.717, 1.165) is 38.8 Å². The third-order valence-corrected chi connectivity index (χ3v) is 5.54. The summed E-state index contributed by atoms with van der Waals surface area (Å²) in [6.07, 6.45) is 0. The second-order valence-corrected chi connectivity index (χ2v) is 7.90. The lowest BCUT2D eigenvalue weighted by molar-refractivity contribution is 0.303. The van der Waals surface area contributed by atoms with Gasteiger partial charge in [-0.05, 0) is 49.2 Å². The van der Waals surface area contributed by atoms with E-state index in [9.17, 15) is 0 Å². The summed E-state index contributed by atoms with van der Waals surface area (Å²) in [7, 11) is 0. The molecular weight excluding hydrogens is 414 g/mol. The van der Waals surface area contributed by atoms with E-state index in [0.29, 0.717) is 13.2 Å². The fraction of sp³-hybridized carbons (Fsp3) is 0.143. The van der Waals surface area contributed by atoms with Crippen LogP contribution in [-0.2, 0) is 13.2 Å². The summed E-state index contributed by atoms with van der Waals surface area (Å²) < 4.78 is 11.5. The molecule has 0 heterocycles. The first-order valence-electron chi connectivity index (χ1n) is 10.5. The predicted octanol–water partition coefficient (Wildman–Crippen LogP) is 7.02. The zero-order valence-electron chi connectivity index (χ0n) is 18.5. The maximum atomic E-state index is 5.81. The molecule has 0 aliphatic carbocycles. The Hall–Kier alpha value is -3.37. The molecule has 0 fully saturated rings. The van der Waals surface area contributed by atoms with Gasteiger partial charge in [0.15, 0.2) is 0 Å². The molecule has 4 heteroatoms. The van der Waals surface area contributed by atoms with Crippen LogP contribution in [0.1, 0.15) is 22.3 Å². The highest BCUT2D eigenvalue weighted by Gasteiger charge is 2.03. The van der Waals surface area contributed by atoms with Gasteiger partial charge in [-0.1, -0.05) is 72.8 Å². The second kappa shape index (κ2) is 11.9. The molecule has 0 aromatic heterocycles. The number of anilines is 1. The Morgan fingerprint density at radius 3 is 1.59 bits per heavy atom. The summed E-state index contributed by atoms with van der Waals surface area (Å²) >= 11 is 4.37. The molecule has 0 saturated carbocycles. The quantitative estimate of drug-likeness (QED) is 0.249. The molecule has 4 rings (SSSR count). The predicted molar refractivity (Wildman–Crippen MR) is 136 cm³/mol. The van der Waals surface area contributed by atoms with Crippen LogP contribution in [0.2, 0.25) is 0 Å². The summed E-state index contributed by atoms with van der Waals surface area (Å²) in [5.74, 6) is 1.75. The molecule has 0 saturated heterocycles. The Bertz CT molecular complexity index is 1020. The minimum absolute atomic E-state index is 0.575. The first-order chi connectivity index (χ1) is 15.5. The smallest absolute Gasteiger partial charge is 0.124 e. The van der Waals surface area contributed by atoms with Gasteiger partial charge in [-0.25, -0.2) is 0 Å². The molecule has 0 spiro atoms. The van der Waals surface area contributed by atoms with Crippen molar-refractivity contribution in [2.75, 3.05) is 5.73 Å². The van der Waals surface area contributed by atoms with Crippen molar-refractivity contribution in [3.05, 3.63) is 119 Å². The average molecular weight is 444 g/mol. The lowest BCUT2D eigenvalue weighted by atomic mass is 10.2. The van der Waals surface area contributed by atoms with E-state index < -0.39 is 0 Å². The van der Waals surface area contributed by atoms with E-state index in [1.807, 2.05) is 98.8 Å². The zero-order valence-corrected chi connectivity index (χ0v) is 19.4. The van der Waals surface area contributed by atoms with Gasteiger partial charge in [0.2, 0.25) is 0 Å². The molecule has 0 amide bonds. The van der Waals surface area contributed by atoms with E-state index in [1.165, 1.54) is 5.56 Å². The van der Waals surface area contributed by atoms with E-state index >= 15 is 0 Å². The Morgan fingerprint density at radius 1 is 0.594 bits per heavy atom. The molecule has 0 atom stereocenters. The van der Waals surface area contributed by atoms with Gasteiger partial charge in [-0.3, -0.25) is 0 Å². The van der Waals surface area contributed by atoms with Gasteiger partial charge >= 0.3 is 0 Å². The summed E-state index contributed by atoms with van der Waals surface area (Å²) in [5.41, 5.74) is 11.0. The maximum Gasteiger partial charge on any atom is 0.124 e. The number of hydrogen-bond donors (Lipinski definition) is 2. The van der Waals surface area contributed by atoms with Crippen molar-refractivity contribution in [1.29, 1.82) is 0 Å². The largest absolute Gasteiger partial charge is 0.489 e. The van der Waals surface area contributed by atoms with Crippen molar-refractivity contribution >= 4 is 18.3 Å². The van der Waals surface area contributed by atoms with Crippen LogP contribution in [0, 0.1) is 13.8 Å². The molecule has 0 aliphatic rings. The molecule has 2 N–H and O–H groups in total. The van der Waals surface area contributed by atoms with Gasteiger partial charge in [-0.2, -0.15) is 0 Å². The summed E-state index contributed by atoms with van der Waals surface area (Å²) in [5, 5.41) is 0. The third-order valence-electron chi connectivity index (χ3n) is 5.06. The Balaban J connectivity index is 0.000000181. The summed E-state index contributed by atoms with van der Waals surface area (Å²) in [6.45, 7) is 5.16. The number of rotatable bonds is 6. The highest BCUT2D eigenvalue weighted by atomic mass is 32.1. The fourth-order valence-corrected chi connectivity index (χ4v) is 3.21. The van der Waals surface area contributed by atoms with Crippen LogP contribution >= 0.6 is 12.6 Å². The molecule has 32 heavy (non-hydrogen) atoms. The molecule has 164 valence electrons. The van der Waals surface area contributed by atoms with Crippen molar-refractivity contribution in [3.63, 3.8) is 0 Å². The van der Waals surface area contributed by atoms with E-state index in [1.54, 1.807) is 0 Å². The maximum absolute atomic E-state index is 5.81. The normalized spacial score (nSPS) is 10.1. The van der Waals surface area contributed by atoms with Gasteiger partial charge in [0.05, 0.1) is 0 Å². The molecule has 4 aromatic rings. The number of benzene rings is 4. The van der Waals surface area contributed by atoms with Crippen molar-refractivity contribution in [2.24, 2.45) is 0 Å². The van der Waals surface area contributed by atoms with Gasteiger partial charge < -0.3 is 15.2 Å². The topological polar surface area (TPSA) is 44.5 Å². The monoisotopic (exact) mass is 443 g/mol. The Kier molecular flexibility index (Phi) is 8.64. The fourth-order valence-electron chi connectivity index (χ4n) is 3.02. The van der Waals surface area contributed by atoms with Crippen molar-refractivity contribution in [3.8, 4) is 11.5 Å². The number of ether oxygens (including phenoxy) is 2. The minimum Gasteiger partial charge on any atom is -0.489 e. The molecule has 0 unspecified atom stereocenters. The Labute approximate surface area is 196 Å². The lowest BCUT2D eigenvalue weighted by Gasteiger charge is -2.10. The molecule has 0 aliphatic heterocycles. The van der Waals surface area contributed by atoms with Crippen LogP contribution in [0.4, 0.5) is 5.69 Å².